The summed E-state index contributed by atoms with van der Waals surface area (Å²) in [5, 5.41) is 2.96. The van der Waals surface area contributed by atoms with Gasteiger partial charge in [0.25, 0.3) is 0 Å². The van der Waals surface area contributed by atoms with Crippen molar-refractivity contribution < 1.29 is 18.9 Å². The first kappa shape index (κ1) is 12.7. The minimum absolute atomic E-state index is 0. The van der Waals surface area contributed by atoms with Crippen molar-refractivity contribution in [3.63, 3.8) is 0 Å². The molecule has 10 heavy (non-hydrogen) atoms. The molecule has 0 aromatic carbocycles. The number of rotatable bonds is 3. The summed E-state index contributed by atoms with van der Waals surface area (Å²) in [5.74, 6) is 0. The van der Waals surface area contributed by atoms with E-state index in [0.717, 1.165) is 0 Å². The van der Waals surface area contributed by atoms with Crippen molar-refractivity contribution in [1.29, 1.82) is 0 Å². The second-order valence-corrected chi connectivity index (χ2v) is 2.63. The van der Waals surface area contributed by atoms with Crippen molar-refractivity contribution in [3.05, 3.63) is 0 Å². The van der Waals surface area contributed by atoms with Gasteiger partial charge in [0.05, 0.1) is 0 Å². The van der Waals surface area contributed by atoms with Gasteiger partial charge in [-0.2, -0.15) is 0 Å². The molecule has 1 N–H and O–H groups in total. The van der Waals surface area contributed by atoms with Gasteiger partial charge in [-0.1, -0.05) is 0 Å². The maximum Gasteiger partial charge on any atom is 1.00 e. The fraction of sp³-hybridized carbons (Fsp3) is 0.857. The molecular weight excluding hydrogens is 119 g/mol. The van der Waals surface area contributed by atoms with Gasteiger partial charge in [-0.25, -0.2) is 0 Å². The summed E-state index contributed by atoms with van der Waals surface area (Å²) < 4.78 is 0. The molecule has 0 rings (SSSR count). The van der Waals surface area contributed by atoms with Crippen molar-refractivity contribution in [2.75, 3.05) is 0 Å². The van der Waals surface area contributed by atoms with Crippen molar-refractivity contribution in [1.82, 2.24) is 5.32 Å². The van der Waals surface area contributed by atoms with Crippen LogP contribution in [-0.2, 0) is 0 Å². The average Bonchev–Trinajstić information content (AvgIpc) is 1.63. The summed E-state index contributed by atoms with van der Waals surface area (Å²) in [7, 11) is 0. The van der Waals surface area contributed by atoms with Crippen molar-refractivity contribution >= 4 is 6.34 Å². The summed E-state index contributed by atoms with van der Waals surface area (Å²) in [6.45, 7) is 8.16. The monoisotopic (exact) mass is 134 g/mol. The van der Waals surface area contributed by atoms with E-state index in [1.54, 1.807) is 0 Å². The van der Waals surface area contributed by atoms with Gasteiger partial charge in [-0.3, -0.25) is 0 Å². The first-order valence-corrected chi connectivity index (χ1v) is 3.33. The number of nitrogens with one attached hydrogen (secondary N) is 1. The van der Waals surface area contributed by atoms with E-state index in [9.17, 15) is 0 Å². The Morgan fingerprint density at radius 3 is 2.00 bits per heavy atom. The zero-order valence-corrected chi connectivity index (χ0v) is 7.60. The molecule has 2 nitrogen and oxygen atoms in total. The van der Waals surface area contributed by atoms with Crippen LogP contribution < -0.4 is 24.2 Å². The van der Waals surface area contributed by atoms with Crippen LogP contribution in [0.2, 0.25) is 0 Å². The van der Waals surface area contributed by atoms with Gasteiger partial charge in [0.2, 0.25) is 0 Å². The zero-order valence-electron chi connectivity index (χ0n) is 7.60. The molecule has 0 spiro atoms. The molecule has 0 aliphatic rings. The molecule has 54 valence electrons. The molecule has 0 atom stereocenters. The molecule has 0 saturated carbocycles. The molecule has 0 amide bonds. The Balaban J connectivity index is 0. The Morgan fingerprint density at radius 2 is 1.70 bits per heavy atom. The van der Waals surface area contributed by atoms with Crippen LogP contribution in [0.5, 0.6) is 0 Å². The summed E-state index contributed by atoms with van der Waals surface area (Å²) >= 11 is 0. The predicted octanol–water partition coefficient (Wildman–Crippen LogP) is -1.70. The van der Waals surface area contributed by atoms with Gasteiger partial charge in [0.15, 0.2) is 0 Å². The van der Waals surface area contributed by atoms with Gasteiger partial charge in [0, 0.05) is 6.04 Å². The number of hydrogen-bond donors (Lipinski definition) is 1. The Morgan fingerprint density at radius 1 is 1.20 bits per heavy atom. The molecule has 0 heterocycles. The van der Waals surface area contributed by atoms with E-state index in [1.807, 2.05) is 13.8 Å². The Bertz CT molecular complexity index is 89.6. The largest absolute Gasteiger partial charge is 1.00 e. The summed E-state index contributed by atoms with van der Waals surface area (Å²) in [6, 6.07) is 0.781. The second kappa shape index (κ2) is 7.18. The van der Waals surface area contributed by atoms with Crippen LogP contribution in [0.3, 0.4) is 0 Å². The fourth-order valence-electron chi connectivity index (χ4n) is 0.295. The first-order chi connectivity index (χ1) is 4.13. The van der Waals surface area contributed by atoms with Crippen LogP contribution in [-0.4, -0.2) is 18.4 Å². The third-order valence-electron chi connectivity index (χ3n) is 0.676. The predicted molar refractivity (Wildman–Crippen MR) is 40.8 cm³/mol. The van der Waals surface area contributed by atoms with Crippen LogP contribution in [0.1, 0.15) is 27.7 Å². The van der Waals surface area contributed by atoms with Crippen LogP contribution >= 0.6 is 0 Å². The molecule has 0 saturated heterocycles. The summed E-state index contributed by atoms with van der Waals surface area (Å²) in [5.41, 5.74) is 0. The van der Waals surface area contributed by atoms with E-state index >= 15 is 0 Å². The van der Waals surface area contributed by atoms with E-state index in [0.29, 0.717) is 12.1 Å². The Hall–Kier alpha value is 0.0674. The SMILES string of the molecule is CC(C)N=[C-]NC(C)C.[Li+]. The number of nitrogens with zero attached hydrogens (tertiary/aromatic N) is 1. The molecular formula is C7H15LiN2. The van der Waals surface area contributed by atoms with Crippen molar-refractivity contribution in [2.45, 2.75) is 39.8 Å². The Labute approximate surface area is 75.7 Å². The van der Waals surface area contributed by atoms with Crippen molar-refractivity contribution in [2.24, 2.45) is 4.99 Å². The second-order valence-electron chi connectivity index (χ2n) is 2.63. The van der Waals surface area contributed by atoms with E-state index in [4.69, 9.17) is 0 Å². The van der Waals surface area contributed by atoms with E-state index in [1.165, 1.54) is 0 Å². The molecule has 0 aromatic heterocycles. The van der Waals surface area contributed by atoms with Gasteiger partial charge in [-0.05, 0) is 33.7 Å². The molecule has 3 heteroatoms. The van der Waals surface area contributed by atoms with E-state index in [2.05, 4.69) is 30.5 Å². The fourth-order valence-corrected chi connectivity index (χ4v) is 0.295. The molecule has 0 radical (unpaired) electrons. The summed E-state index contributed by atoms with van der Waals surface area (Å²) in [6.07, 6.45) is 2.76. The third-order valence-corrected chi connectivity index (χ3v) is 0.676. The molecule has 0 aliphatic heterocycles. The molecule has 0 aliphatic carbocycles. The van der Waals surface area contributed by atoms with Crippen molar-refractivity contribution in [3.8, 4) is 0 Å². The Kier molecular flexibility index (Phi) is 9.13. The third kappa shape index (κ3) is 10.9. The normalized spacial score (nSPS) is 10.6. The van der Waals surface area contributed by atoms with E-state index in [-0.39, 0.29) is 18.9 Å². The molecule has 0 bridgehead atoms. The minimum Gasteiger partial charge on any atom is -0.548 e. The van der Waals surface area contributed by atoms with Gasteiger partial charge in [0.1, 0.15) is 0 Å². The maximum absolute atomic E-state index is 4.00. The number of hydrogen-bond acceptors (Lipinski definition) is 1. The van der Waals surface area contributed by atoms with Gasteiger partial charge >= 0.3 is 18.9 Å². The zero-order chi connectivity index (χ0) is 7.28. The van der Waals surface area contributed by atoms with E-state index < -0.39 is 0 Å². The topological polar surface area (TPSA) is 24.4 Å². The minimum atomic E-state index is 0. The van der Waals surface area contributed by atoms with Gasteiger partial charge < -0.3 is 16.6 Å². The number of aliphatic imine (C=N–C) groups is 1. The van der Waals surface area contributed by atoms with Crippen LogP contribution in [0.4, 0.5) is 0 Å². The standard InChI is InChI=1S/C7H15N2.Li/c1-6(2)8-5-9-7(3)4;/h6-7H,1-4H3,(H,8,9);/q-1;+1. The van der Waals surface area contributed by atoms with Crippen LogP contribution in [0, 0.1) is 0 Å². The smallest absolute Gasteiger partial charge is 0.548 e. The first-order valence-electron chi connectivity index (χ1n) is 3.33. The van der Waals surface area contributed by atoms with Crippen LogP contribution in [0.25, 0.3) is 0 Å². The molecule has 0 fully saturated rings. The average molecular weight is 134 g/mol. The molecule has 0 aromatic rings. The van der Waals surface area contributed by atoms with Crippen LogP contribution in [0.15, 0.2) is 4.99 Å². The summed E-state index contributed by atoms with van der Waals surface area (Å²) in [4.78, 5) is 4.00. The van der Waals surface area contributed by atoms with Gasteiger partial charge in [-0.15, -0.1) is 0 Å². The molecule has 0 unspecified atom stereocenters. The quantitative estimate of drug-likeness (QED) is 0.161. The maximum atomic E-state index is 4.00.